The Balaban J connectivity index is 2.14. The number of hydrogen-bond donors (Lipinski definition) is 0. The Bertz CT molecular complexity index is 158. The first-order valence-electron chi connectivity index (χ1n) is 5.86. The molecule has 1 aliphatic rings. The van der Waals surface area contributed by atoms with E-state index >= 15 is 0 Å². The summed E-state index contributed by atoms with van der Waals surface area (Å²) in [6.07, 6.45) is 2.41. The Hall–Kier alpha value is 0.170. The van der Waals surface area contributed by atoms with Crippen LogP contribution in [0, 0.1) is 0 Å². The number of nitrogens with zero attached hydrogens (tertiary/aromatic N) is 2. The van der Waals surface area contributed by atoms with Crippen LogP contribution in [0.5, 0.6) is 0 Å². The van der Waals surface area contributed by atoms with E-state index < -0.39 is 0 Å². The van der Waals surface area contributed by atoms with Crippen LogP contribution in [0.1, 0.15) is 12.8 Å². The predicted octanol–water partition coefficient (Wildman–Crippen LogP) is 1.27. The zero-order chi connectivity index (χ0) is 10.9. The van der Waals surface area contributed by atoms with E-state index in [9.17, 15) is 0 Å². The summed E-state index contributed by atoms with van der Waals surface area (Å²) < 4.78 is 5.07. The Labute approximate surface area is 98.3 Å². The summed E-state index contributed by atoms with van der Waals surface area (Å²) in [7, 11) is 1.77. The number of alkyl halides is 1. The molecule has 1 aliphatic heterocycles. The minimum absolute atomic E-state index is 0.754. The minimum atomic E-state index is 0.754. The lowest BCUT2D eigenvalue weighted by Crippen LogP contribution is -2.32. The van der Waals surface area contributed by atoms with Crippen LogP contribution in [0.25, 0.3) is 0 Å². The third-order valence-electron chi connectivity index (χ3n) is 2.90. The second-order valence-corrected chi connectivity index (χ2v) is 4.45. The third-order valence-corrected chi connectivity index (χ3v) is 3.07. The van der Waals surface area contributed by atoms with E-state index in [1.165, 1.54) is 39.1 Å². The highest BCUT2D eigenvalue weighted by Crippen LogP contribution is 2.03. The second kappa shape index (κ2) is 8.34. The van der Waals surface area contributed by atoms with E-state index in [0.717, 1.165) is 25.5 Å². The Morgan fingerprint density at radius 3 is 2.33 bits per heavy atom. The number of methoxy groups -OCH3 is 1. The predicted molar refractivity (Wildman–Crippen MR) is 64.7 cm³/mol. The molecule has 3 nitrogen and oxygen atoms in total. The molecule has 0 saturated carbocycles. The van der Waals surface area contributed by atoms with Gasteiger partial charge < -0.3 is 14.5 Å². The van der Waals surface area contributed by atoms with Gasteiger partial charge in [-0.05, 0) is 25.9 Å². The average Bonchev–Trinajstić information content (AvgIpc) is 2.45. The SMILES string of the molecule is COCCCN1CCCN(CCCl)CC1. The van der Waals surface area contributed by atoms with Gasteiger partial charge in [-0.1, -0.05) is 0 Å². The molecule has 0 aliphatic carbocycles. The highest BCUT2D eigenvalue weighted by atomic mass is 35.5. The van der Waals surface area contributed by atoms with Gasteiger partial charge in [0.1, 0.15) is 0 Å². The van der Waals surface area contributed by atoms with E-state index in [4.69, 9.17) is 16.3 Å². The summed E-state index contributed by atoms with van der Waals surface area (Å²) >= 11 is 5.76. The fourth-order valence-electron chi connectivity index (χ4n) is 2.02. The molecule has 90 valence electrons. The lowest BCUT2D eigenvalue weighted by molar-refractivity contribution is 0.172. The molecule has 0 atom stereocenters. The zero-order valence-electron chi connectivity index (χ0n) is 9.75. The Kier molecular flexibility index (Phi) is 7.36. The molecule has 4 heteroatoms. The van der Waals surface area contributed by atoms with Crippen LogP contribution in [-0.4, -0.2) is 68.7 Å². The van der Waals surface area contributed by atoms with E-state index in [2.05, 4.69) is 9.80 Å². The molecule has 0 N–H and O–H groups in total. The molecule has 1 rings (SSSR count). The van der Waals surface area contributed by atoms with Crippen molar-refractivity contribution in [2.75, 3.05) is 58.9 Å². The van der Waals surface area contributed by atoms with Gasteiger partial charge in [0.15, 0.2) is 0 Å². The lowest BCUT2D eigenvalue weighted by atomic mass is 10.3. The van der Waals surface area contributed by atoms with Crippen molar-refractivity contribution in [2.45, 2.75) is 12.8 Å². The van der Waals surface area contributed by atoms with E-state index in [0.29, 0.717) is 0 Å². The van der Waals surface area contributed by atoms with Gasteiger partial charge >= 0.3 is 0 Å². The van der Waals surface area contributed by atoms with Gasteiger partial charge in [-0.2, -0.15) is 0 Å². The highest BCUT2D eigenvalue weighted by Gasteiger charge is 2.13. The molecule has 0 radical (unpaired) electrons. The van der Waals surface area contributed by atoms with Gasteiger partial charge in [-0.15, -0.1) is 11.6 Å². The normalized spacial score (nSPS) is 20.4. The molecule has 0 unspecified atom stereocenters. The van der Waals surface area contributed by atoms with Crippen LogP contribution in [0.15, 0.2) is 0 Å². The monoisotopic (exact) mass is 234 g/mol. The van der Waals surface area contributed by atoms with Crippen molar-refractivity contribution in [2.24, 2.45) is 0 Å². The van der Waals surface area contributed by atoms with Crippen molar-refractivity contribution < 1.29 is 4.74 Å². The first-order valence-corrected chi connectivity index (χ1v) is 6.40. The quantitative estimate of drug-likeness (QED) is 0.509. The van der Waals surface area contributed by atoms with Crippen LogP contribution in [0.3, 0.4) is 0 Å². The Morgan fingerprint density at radius 1 is 1.07 bits per heavy atom. The fourth-order valence-corrected chi connectivity index (χ4v) is 2.26. The molecule has 0 spiro atoms. The summed E-state index contributed by atoms with van der Waals surface area (Å²) in [5, 5.41) is 0. The molecule has 0 aromatic carbocycles. The van der Waals surface area contributed by atoms with Crippen LogP contribution in [0.2, 0.25) is 0 Å². The van der Waals surface area contributed by atoms with Crippen LogP contribution >= 0.6 is 11.6 Å². The molecule has 0 aromatic heterocycles. The molecular weight excluding hydrogens is 212 g/mol. The first kappa shape index (κ1) is 13.2. The van der Waals surface area contributed by atoms with Crippen molar-refractivity contribution in [1.29, 1.82) is 0 Å². The first-order chi connectivity index (χ1) is 7.36. The van der Waals surface area contributed by atoms with Gasteiger partial charge in [0.25, 0.3) is 0 Å². The highest BCUT2D eigenvalue weighted by molar-refractivity contribution is 6.18. The molecule has 15 heavy (non-hydrogen) atoms. The lowest BCUT2D eigenvalue weighted by Gasteiger charge is -2.20. The minimum Gasteiger partial charge on any atom is -0.385 e. The smallest absolute Gasteiger partial charge is 0.0474 e. The fraction of sp³-hybridized carbons (Fsp3) is 1.00. The molecule has 1 fully saturated rings. The molecule has 0 aromatic rings. The number of rotatable bonds is 6. The van der Waals surface area contributed by atoms with Crippen molar-refractivity contribution in [3.05, 3.63) is 0 Å². The molecule has 1 saturated heterocycles. The van der Waals surface area contributed by atoms with E-state index in [1.54, 1.807) is 7.11 Å². The zero-order valence-corrected chi connectivity index (χ0v) is 10.5. The molecular formula is C11H23ClN2O. The van der Waals surface area contributed by atoms with Crippen molar-refractivity contribution in [3.8, 4) is 0 Å². The van der Waals surface area contributed by atoms with E-state index in [1.807, 2.05) is 0 Å². The van der Waals surface area contributed by atoms with Gasteiger partial charge in [0.05, 0.1) is 0 Å². The molecule has 0 amide bonds. The number of halogens is 1. The summed E-state index contributed by atoms with van der Waals surface area (Å²) in [4.78, 5) is 5.00. The number of ether oxygens (including phenoxy) is 1. The van der Waals surface area contributed by atoms with Crippen molar-refractivity contribution in [3.63, 3.8) is 0 Å². The summed E-state index contributed by atoms with van der Waals surface area (Å²) in [5.74, 6) is 0.754. The summed E-state index contributed by atoms with van der Waals surface area (Å²) in [6.45, 7) is 7.86. The standard InChI is InChI=1S/C11H23ClN2O/c1-15-11-3-7-13-5-2-6-14(8-4-12)10-9-13/h2-11H2,1H3. The van der Waals surface area contributed by atoms with E-state index in [-0.39, 0.29) is 0 Å². The second-order valence-electron chi connectivity index (χ2n) is 4.07. The van der Waals surface area contributed by atoms with Gasteiger partial charge in [-0.25, -0.2) is 0 Å². The topological polar surface area (TPSA) is 15.7 Å². The molecule has 0 bridgehead atoms. The Morgan fingerprint density at radius 2 is 1.73 bits per heavy atom. The molecule has 1 heterocycles. The van der Waals surface area contributed by atoms with Crippen molar-refractivity contribution in [1.82, 2.24) is 9.80 Å². The maximum Gasteiger partial charge on any atom is 0.0474 e. The van der Waals surface area contributed by atoms with Crippen LogP contribution < -0.4 is 0 Å². The average molecular weight is 235 g/mol. The third kappa shape index (κ3) is 5.71. The van der Waals surface area contributed by atoms with Gasteiger partial charge in [0.2, 0.25) is 0 Å². The maximum absolute atomic E-state index is 5.76. The number of hydrogen-bond acceptors (Lipinski definition) is 3. The van der Waals surface area contributed by atoms with Gasteiger partial charge in [0, 0.05) is 45.8 Å². The maximum atomic E-state index is 5.76. The summed E-state index contributed by atoms with van der Waals surface area (Å²) in [5.41, 5.74) is 0. The largest absolute Gasteiger partial charge is 0.385 e. The van der Waals surface area contributed by atoms with Crippen molar-refractivity contribution >= 4 is 11.6 Å². The van der Waals surface area contributed by atoms with Crippen LogP contribution in [-0.2, 0) is 4.74 Å². The summed E-state index contributed by atoms with van der Waals surface area (Å²) in [6, 6.07) is 0. The van der Waals surface area contributed by atoms with Crippen LogP contribution in [0.4, 0.5) is 0 Å². The van der Waals surface area contributed by atoms with Gasteiger partial charge in [-0.3, -0.25) is 0 Å².